The van der Waals surface area contributed by atoms with Gasteiger partial charge < -0.3 is 4.74 Å². The second kappa shape index (κ2) is 7.66. The molecule has 0 fully saturated rings. The lowest BCUT2D eigenvalue weighted by Crippen LogP contribution is -2.17. The lowest BCUT2D eigenvalue weighted by molar-refractivity contribution is 0.194. The zero-order chi connectivity index (χ0) is 17.7. The van der Waals surface area contributed by atoms with Crippen molar-refractivity contribution in [2.24, 2.45) is 0 Å². The number of nitrogens with one attached hydrogen (secondary N) is 1. The van der Waals surface area contributed by atoms with Crippen LogP contribution in [0.4, 0.5) is 10.1 Å². The Morgan fingerprint density at radius 2 is 1.71 bits per heavy atom. The zero-order valence-corrected chi connectivity index (χ0v) is 14.9. The number of rotatable bonds is 7. The van der Waals surface area contributed by atoms with Gasteiger partial charge in [-0.2, -0.15) is 0 Å². The standard InChI is InChI=1S/C18H22FNO3S/c1-4-15(5-2)23-18-11-8-14(19)12-17(18)20-24(21,22)16-9-6-13(3)7-10-16/h6-12,15,20H,4-5H2,1-3H3. The molecule has 0 aliphatic heterocycles. The predicted molar refractivity (Wildman–Crippen MR) is 93.4 cm³/mol. The van der Waals surface area contributed by atoms with Crippen LogP contribution in [0.2, 0.25) is 0 Å². The fourth-order valence-electron chi connectivity index (χ4n) is 2.24. The van der Waals surface area contributed by atoms with E-state index in [1.54, 1.807) is 12.1 Å². The molecular formula is C18H22FNO3S. The van der Waals surface area contributed by atoms with E-state index in [1.807, 2.05) is 20.8 Å². The summed E-state index contributed by atoms with van der Waals surface area (Å²) in [6.45, 7) is 5.83. The molecule has 4 nitrogen and oxygen atoms in total. The highest BCUT2D eigenvalue weighted by atomic mass is 32.2. The fraction of sp³-hybridized carbons (Fsp3) is 0.333. The van der Waals surface area contributed by atoms with E-state index in [0.717, 1.165) is 24.5 Å². The van der Waals surface area contributed by atoms with E-state index in [1.165, 1.54) is 24.3 Å². The Morgan fingerprint density at radius 1 is 1.08 bits per heavy atom. The fourth-order valence-corrected chi connectivity index (χ4v) is 3.30. The SMILES string of the molecule is CCC(CC)Oc1ccc(F)cc1NS(=O)(=O)c1ccc(C)cc1. The van der Waals surface area contributed by atoms with Gasteiger partial charge >= 0.3 is 0 Å². The third-order valence-corrected chi connectivity index (χ3v) is 5.10. The molecule has 0 aliphatic rings. The van der Waals surface area contributed by atoms with Gasteiger partial charge in [0.25, 0.3) is 10.0 Å². The van der Waals surface area contributed by atoms with Gasteiger partial charge in [0.1, 0.15) is 11.6 Å². The molecule has 6 heteroatoms. The quantitative estimate of drug-likeness (QED) is 0.799. The average Bonchev–Trinajstić information content (AvgIpc) is 2.54. The summed E-state index contributed by atoms with van der Waals surface area (Å²) in [5, 5.41) is 0. The first-order valence-corrected chi connectivity index (χ1v) is 9.39. The van der Waals surface area contributed by atoms with Gasteiger partial charge in [-0.3, -0.25) is 4.72 Å². The van der Waals surface area contributed by atoms with Gasteiger partial charge in [0, 0.05) is 6.07 Å². The van der Waals surface area contributed by atoms with E-state index in [2.05, 4.69) is 4.72 Å². The molecule has 0 saturated carbocycles. The summed E-state index contributed by atoms with van der Waals surface area (Å²) in [6, 6.07) is 10.3. The van der Waals surface area contributed by atoms with Crippen molar-refractivity contribution in [1.82, 2.24) is 0 Å². The van der Waals surface area contributed by atoms with Crippen molar-refractivity contribution >= 4 is 15.7 Å². The Kier molecular flexibility index (Phi) is 5.83. The Balaban J connectivity index is 2.33. The van der Waals surface area contributed by atoms with Gasteiger partial charge in [0.15, 0.2) is 0 Å². The van der Waals surface area contributed by atoms with Crippen molar-refractivity contribution in [3.63, 3.8) is 0 Å². The molecule has 2 aromatic rings. The van der Waals surface area contributed by atoms with Crippen LogP contribution in [-0.4, -0.2) is 14.5 Å². The van der Waals surface area contributed by atoms with Crippen molar-refractivity contribution in [3.05, 3.63) is 53.8 Å². The molecular weight excluding hydrogens is 329 g/mol. The molecule has 0 atom stereocenters. The Hall–Kier alpha value is -2.08. The van der Waals surface area contributed by atoms with Crippen LogP contribution >= 0.6 is 0 Å². The summed E-state index contributed by atoms with van der Waals surface area (Å²) in [7, 11) is -3.82. The number of hydrogen-bond donors (Lipinski definition) is 1. The third-order valence-electron chi connectivity index (χ3n) is 3.72. The number of aryl methyl sites for hydroxylation is 1. The largest absolute Gasteiger partial charge is 0.488 e. The minimum absolute atomic E-state index is 0.0573. The molecule has 0 bridgehead atoms. The summed E-state index contributed by atoms with van der Waals surface area (Å²) in [4.78, 5) is 0.117. The van der Waals surface area contributed by atoms with Crippen LogP contribution < -0.4 is 9.46 Å². The molecule has 0 unspecified atom stereocenters. The highest BCUT2D eigenvalue weighted by molar-refractivity contribution is 7.92. The monoisotopic (exact) mass is 351 g/mol. The van der Waals surface area contributed by atoms with E-state index < -0.39 is 15.8 Å². The van der Waals surface area contributed by atoms with E-state index in [4.69, 9.17) is 4.74 Å². The number of halogens is 1. The number of ether oxygens (including phenoxy) is 1. The first-order valence-electron chi connectivity index (χ1n) is 7.91. The minimum Gasteiger partial charge on any atom is -0.488 e. The second-order valence-corrected chi connectivity index (χ2v) is 7.30. The van der Waals surface area contributed by atoms with Crippen LogP contribution in [0.1, 0.15) is 32.3 Å². The first kappa shape index (κ1) is 18.3. The third kappa shape index (κ3) is 4.47. The normalized spacial score (nSPS) is 11.5. The van der Waals surface area contributed by atoms with Crippen LogP contribution in [0.15, 0.2) is 47.4 Å². The number of hydrogen-bond acceptors (Lipinski definition) is 3. The predicted octanol–water partition coefficient (Wildman–Crippen LogP) is 4.50. The molecule has 0 saturated heterocycles. The molecule has 0 amide bonds. The molecule has 0 spiro atoms. The minimum atomic E-state index is -3.82. The maximum atomic E-state index is 13.6. The molecule has 0 aromatic heterocycles. The second-order valence-electron chi connectivity index (χ2n) is 5.62. The van der Waals surface area contributed by atoms with Crippen molar-refractivity contribution in [2.45, 2.75) is 44.6 Å². The highest BCUT2D eigenvalue weighted by Crippen LogP contribution is 2.29. The van der Waals surface area contributed by atoms with Gasteiger partial charge in [0.05, 0.1) is 16.7 Å². The van der Waals surface area contributed by atoms with E-state index in [-0.39, 0.29) is 16.7 Å². The zero-order valence-electron chi connectivity index (χ0n) is 14.0. The molecule has 0 radical (unpaired) electrons. The van der Waals surface area contributed by atoms with E-state index >= 15 is 0 Å². The number of benzene rings is 2. The molecule has 24 heavy (non-hydrogen) atoms. The van der Waals surface area contributed by atoms with Gasteiger partial charge in [-0.15, -0.1) is 0 Å². The van der Waals surface area contributed by atoms with Gasteiger partial charge in [-0.05, 0) is 44.0 Å². The Morgan fingerprint density at radius 3 is 2.29 bits per heavy atom. The summed E-state index contributed by atoms with van der Waals surface area (Å²) in [5.41, 5.74) is 1.06. The Labute approximate surface area is 142 Å². The lowest BCUT2D eigenvalue weighted by Gasteiger charge is -2.19. The van der Waals surface area contributed by atoms with Crippen LogP contribution in [0.5, 0.6) is 5.75 Å². The average molecular weight is 351 g/mol. The molecule has 0 heterocycles. The van der Waals surface area contributed by atoms with Crippen molar-refractivity contribution < 1.29 is 17.5 Å². The smallest absolute Gasteiger partial charge is 0.262 e. The number of anilines is 1. The van der Waals surface area contributed by atoms with Gasteiger partial charge in [-0.25, -0.2) is 12.8 Å². The van der Waals surface area contributed by atoms with E-state index in [9.17, 15) is 12.8 Å². The molecule has 130 valence electrons. The molecule has 0 aliphatic carbocycles. The van der Waals surface area contributed by atoms with Crippen LogP contribution in [-0.2, 0) is 10.0 Å². The summed E-state index contributed by atoms with van der Waals surface area (Å²) in [5.74, 6) is -0.214. The van der Waals surface area contributed by atoms with Crippen molar-refractivity contribution in [3.8, 4) is 5.75 Å². The van der Waals surface area contributed by atoms with Crippen molar-refractivity contribution in [2.75, 3.05) is 4.72 Å². The van der Waals surface area contributed by atoms with Crippen LogP contribution in [0, 0.1) is 12.7 Å². The maximum Gasteiger partial charge on any atom is 0.262 e. The maximum absolute atomic E-state index is 13.6. The van der Waals surface area contributed by atoms with Crippen molar-refractivity contribution in [1.29, 1.82) is 0 Å². The summed E-state index contributed by atoms with van der Waals surface area (Å²) in [6.07, 6.45) is 1.49. The van der Waals surface area contributed by atoms with E-state index in [0.29, 0.717) is 5.75 Å². The first-order chi connectivity index (χ1) is 11.4. The Bertz CT molecular complexity index is 784. The van der Waals surface area contributed by atoms with Gasteiger partial charge in [-0.1, -0.05) is 31.5 Å². The molecule has 1 N–H and O–H groups in total. The highest BCUT2D eigenvalue weighted by Gasteiger charge is 2.18. The summed E-state index contributed by atoms with van der Waals surface area (Å²) >= 11 is 0. The molecule has 2 rings (SSSR count). The van der Waals surface area contributed by atoms with Crippen LogP contribution in [0.25, 0.3) is 0 Å². The van der Waals surface area contributed by atoms with Crippen LogP contribution in [0.3, 0.4) is 0 Å². The van der Waals surface area contributed by atoms with Gasteiger partial charge in [0.2, 0.25) is 0 Å². The molecule has 2 aromatic carbocycles. The topological polar surface area (TPSA) is 55.4 Å². The number of sulfonamides is 1. The lowest BCUT2D eigenvalue weighted by atomic mass is 10.2. The summed E-state index contributed by atoms with van der Waals surface area (Å²) < 4.78 is 46.8.